The minimum Gasteiger partial charge on any atom is -0.497 e. The fourth-order valence-corrected chi connectivity index (χ4v) is 5.55. The van der Waals surface area contributed by atoms with Crippen LogP contribution < -0.4 is 31.3 Å². The number of hydrogen-bond donors (Lipinski definition) is 4. The molecule has 9 nitrogen and oxygen atoms in total. The van der Waals surface area contributed by atoms with Gasteiger partial charge in [-0.15, -0.1) is 11.8 Å². The lowest BCUT2D eigenvalue weighted by molar-refractivity contribution is -0.129. The summed E-state index contributed by atoms with van der Waals surface area (Å²) in [7, 11) is 1.61. The van der Waals surface area contributed by atoms with Crippen LogP contribution in [0.2, 0.25) is 0 Å². The summed E-state index contributed by atoms with van der Waals surface area (Å²) >= 11 is 1.50. The van der Waals surface area contributed by atoms with E-state index in [0.29, 0.717) is 31.1 Å². The van der Waals surface area contributed by atoms with Gasteiger partial charge in [0.2, 0.25) is 5.91 Å². The van der Waals surface area contributed by atoms with Gasteiger partial charge < -0.3 is 31.3 Å². The maximum absolute atomic E-state index is 13.8. The highest BCUT2D eigenvalue weighted by atomic mass is 32.2. The molecular weight excluding hydrogens is 538 g/mol. The highest BCUT2D eigenvalue weighted by molar-refractivity contribution is 7.99. The molecule has 0 saturated carbocycles. The minimum absolute atomic E-state index is 0.204. The number of urea groups is 1. The number of thioether (sulfide) groups is 1. The Kier molecular flexibility index (Phi) is 9.57. The first-order valence-electron chi connectivity index (χ1n) is 13.5. The third-order valence-electron chi connectivity index (χ3n) is 6.72. The summed E-state index contributed by atoms with van der Waals surface area (Å²) in [4.78, 5) is 41.0. The van der Waals surface area contributed by atoms with E-state index in [9.17, 15) is 14.4 Å². The number of nitrogens with zero attached hydrogens (tertiary/aromatic N) is 1. The van der Waals surface area contributed by atoms with Crippen molar-refractivity contribution in [3.8, 4) is 16.9 Å². The van der Waals surface area contributed by atoms with Gasteiger partial charge in [0.15, 0.2) is 0 Å². The third kappa shape index (κ3) is 7.39. The predicted octanol–water partition coefficient (Wildman–Crippen LogP) is 4.04. The van der Waals surface area contributed by atoms with Crippen molar-refractivity contribution in [3.63, 3.8) is 0 Å². The first-order chi connectivity index (χ1) is 19.6. The van der Waals surface area contributed by atoms with Gasteiger partial charge >= 0.3 is 6.03 Å². The molecule has 10 heteroatoms. The Bertz CT molecular complexity index is 1400. The second kappa shape index (κ2) is 13.1. The highest BCUT2D eigenvalue weighted by Crippen LogP contribution is 2.38. The molecule has 0 spiro atoms. The van der Waals surface area contributed by atoms with Gasteiger partial charge in [-0.3, -0.25) is 9.59 Å². The van der Waals surface area contributed by atoms with Gasteiger partial charge in [0, 0.05) is 23.7 Å². The molecular formula is C31H37N5O4S. The summed E-state index contributed by atoms with van der Waals surface area (Å²) in [5.41, 5.74) is 9.59. The number of benzene rings is 3. The Balaban J connectivity index is 1.59. The lowest BCUT2D eigenvalue weighted by Gasteiger charge is -2.28. The van der Waals surface area contributed by atoms with Crippen LogP contribution in [0.1, 0.15) is 31.9 Å². The van der Waals surface area contributed by atoms with Crippen molar-refractivity contribution >= 4 is 35.3 Å². The van der Waals surface area contributed by atoms with Crippen LogP contribution in [-0.4, -0.2) is 48.8 Å². The third-order valence-corrected chi connectivity index (χ3v) is 7.86. The maximum atomic E-state index is 13.8. The Hall–Kier alpha value is -4.02. The number of nitrogens with two attached hydrogens (primary N) is 1. The van der Waals surface area contributed by atoms with E-state index in [1.54, 1.807) is 25.9 Å². The SMILES string of the molecule is CCNC(=O)NCc1ccccc1-c1ccc(CN2C(=O)[C@H](NC(=O)C(C)(C)N)CSc3cc(OC)ccc32)cc1. The highest BCUT2D eigenvalue weighted by Gasteiger charge is 2.34. The molecule has 4 rings (SSSR count). The van der Waals surface area contributed by atoms with Crippen LogP contribution in [0.5, 0.6) is 5.75 Å². The maximum Gasteiger partial charge on any atom is 0.315 e. The van der Waals surface area contributed by atoms with Gasteiger partial charge in [0.05, 0.1) is 24.9 Å². The van der Waals surface area contributed by atoms with Crippen LogP contribution in [0, 0.1) is 0 Å². The monoisotopic (exact) mass is 575 g/mol. The van der Waals surface area contributed by atoms with Crippen molar-refractivity contribution in [2.24, 2.45) is 5.73 Å². The number of ether oxygens (including phenoxy) is 1. The second-order valence-electron chi connectivity index (χ2n) is 10.4. The van der Waals surface area contributed by atoms with Crippen LogP contribution in [0.15, 0.2) is 71.6 Å². The molecule has 1 atom stereocenters. The van der Waals surface area contributed by atoms with E-state index in [1.807, 2.05) is 73.7 Å². The molecule has 0 radical (unpaired) electrons. The fraction of sp³-hybridized carbons (Fsp3) is 0.323. The number of nitrogens with one attached hydrogen (secondary N) is 3. The predicted molar refractivity (Wildman–Crippen MR) is 163 cm³/mol. The second-order valence-corrected chi connectivity index (χ2v) is 11.4. The summed E-state index contributed by atoms with van der Waals surface area (Å²) in [6.07, 6.45) is 0. The summed E-state index contributed by atoms with van der Waals surface area (Å²) in [6, 6.07) is 20.6. The molecule has 0 bridgehead atoms. The lowest BCUT2D eigenvalue weighted by Crippen LogP contribution is -2.56. The zero-order chi connectivity index (χ0) is 29.6. The average Bonchev–Trinajstić information content (AvgIpc) is 3.08. The number of hydrogen-bond acceptors (Lipinski definition) is 6. The molecule has 1 aliphatic rings. The Labute approximate surface area is 245 Å². The topological polar surface area (TPSA) is 126 Å². The Morgan fingerprint density at radius 3 is 2.49 bits per heavy atom. The van der Waals surface area contributed by atoms with Crippen molar-refractivity contribution < 1.29 is 19.1 Å². The number of carbonyl (C=O) groups excluding carboxylic acids is 3. The number of anilines is 1. The zero-order valence-electron chi connectivity index (χ0n) is 23.8. The number of carbonyl (C=O) groups is 3. The normalized spacial score (nSPS) is 15.0. The quantitative estimate of drug-likeness (QED) is 0.305. The lowest BCUT2D eigenvalue weighted by atomic mass is 9.98. The number of amides is 4. The zero-order valence-corrected chi connectivity index (χ0v) is 24.6. The van der Waals surface area contributed by atoms with Gasteiger partial charge in [0.25, 0.3) is 5.91 Å². The van der Waals surface area contributed by atoms with E-state index < -0.39 is 11.6 Å². The minimum atomic E-state index is -1.11. The Morgan fingerprint density at radius 1 is 1.07 bits per heavy atom. The average molecular weight is 576 g/mol. The number of rotatable bonds is 9. The molecule has 3 aromatic rings. The summed E-state index contributed by atoms with van der Waals surface area (Å²) in [6.45, 7) is 6.38. The molecule has 41 heavy (non-hydrogen) atoms. The van der Waals surface area contributed by atoms with Crippen molar-refractivity contribution in [3.05, 3.63) is 77.9 Å². The molecule has 0 saturated heterocycles. The number of fused-ring (bicyclic) bond motifs is 1. The van der Waals surface area contributed by atoms with Crippen molar-refractivity contribution in [1.29, 1.82) is 0 Å². The summed E-state index contributed by atoms with van der Waals surface area (Å²) < 4.78 is 5.42. The van der Waals surface area contributed by atoms with Crippen LogP contribution in [0.25, 0.3) is 11.1 Å². The van der Waals surface area contributed by atoms with Crippen molar-refractivity contribution in [1.82, 2.24) is 16.0 Å². The fourth-order valence-electron chi connectivity index (χ4n) is 4.45. The molecule has 1 heterocycles. The van der Waals surface area contributed by atoms with Gasteiger partial charge in [-0.05, 0) is 61.2 Å². The molecule has 0 aliphatic carbocycles. The van der Waals surface area contributed by atoms with Crippen LogP contribution in [0.3, 0.4) is 0 Å². The molecule has 1 aliphatic heterocycles. The summed E-state index contributed by atoms with van der Waals surface area (Å²) in [5.74, 6) is 0.477. The van der Waals surface area contributed by atoms with Crippen LogP contribution in [0.4, 0.5) is 10.5 Å². The molecule has 0 aromatic heterocycles. The van der Waals surface area contributed by atoms with Gasteiger partial charge in [-0.1, -0.05) is 48.5 Å². The van der Waals surface area contributed by atoms with E-state index in [0.717, 1.165) is 32.8 Å². The first-order valence-corrected chi connectivity index (χ1v) is 14.5. The Morgan fingerprint density at radius 2 is 1.80 bits per heavy atom. The van der Waals surface area contributed by atoms with E-state index in [2.05, 4.69) is 16.0 Å². The van der Waals surface area contributed by atoms with Gasteiger partial charge in [0.1, 0.15) is 11.8 Å². The van der Waals surface area contributed by atoms with Crippen LogP contribution in [-0.2, 0) is 22.7 Å². The molecule has 0 fully saturated rings. The smallest absolute Gasteiger partial charge is 0.315 e. The molecule has 5 N–H and O–H groups in total. The molecule has 3 aromatic carbocycles. The molecule has 0 unspecified atom stereocenters. The molecule has 216 valence electrons. The largest absolute Gasteiger partial charge is 0.497 e. The van der Waals surface area contributed by atoms with E-state index in [4.69, 9.17) is 10.5 Å². The molecule has 4 amide bonds. The summed E-state index contributed by atoms with van der Waals surface area (Å²) in [5, 5.41) is 8.48. The van der Waals surface area contributed by atoms with E-state index in [-0.39, 0.29) is 17.8 Å². The van der Waals surface area contributed by atoms with Crippen molar-refractivity contribution in [2.45, 2.75) is 50.3 Å². The van der Waals surface area contributed by atoms with Gasteiger partial charge in [-0.25, -0.2) is 4.79 Å². The van der Waals surface area contributed by atoms with Gasteiger partial charge in [-0.2, -0.15) is 0 Å². The standard InChI is InChI=1S/C31H37N5O4S/c1-5-33-30(39)34-17-22-8-6-7-9-24(22)21-12-10-20(11-13-21)18-36-26-15-14-23(40-4)16-27(26)41-19-25(28(36)37)35-29(38)31(2,3)32/h6-16,25H,5,17-19,32H2,1-4H3,(H,35,38)(H2,33,34,39)/t25-/m1/s1. The number of methoxy groups -OCH3 is 1. The first kappa shape index (κ1) is 30.0. The van der Waals surface area contributed by atoms with E-state index in [1.165, 1.54) is 11.8 Å². The van der Waals surface area contributed by atoms with Crippen molar-refractivity contribution in [2.75, 3.05) is 24.3 Å². The van der Waals surface area contributed by atoms with Crippen LogP contribution >= 0.6 is 11.8 Å². The van der Waals surface area contributed by atoms with E-state index >= 15 is 0 Å².